The van der Waals surface area contributed by atoms with Crippen molar-refractivity contribution in [2.45, 2.75) is 31.6 Å². The molecule has 1 aromatic carbocycles. The lowest BCUT2D eigenvalue weighted by Gasteiger charge is -2.14. The van der Waals surface area contributed by atoms with Gasteiger partial charge in [0, 0.05) is 18.5 Å². The number of anilines is 1. The van der Waals surface area contributed by atoms with Gasteiger partial charge >= 0.3 is 0 Å². The highest BCUT2D eigenvalue weighted by Gasteiger charge is 2.22. The van der Waals surface area contributed by atoms with Crippen LogP contribution in [0.25, 0.3) is 11.3 Å². The van der Waals surface area contributed by atoms with Gasteiger partial charge in [0.05, 0.1) is 9.26 Å². The van der Waals surface area contributed by atoms with Crippen molar-refractivity contribution in [2.75, 3.05) is 12.4 Å². The molecule has 20 heavy (non-hydrogen) atoms. The summed E-state index contributed by atoms with van der Waals surface area (Å²) in [5, 5.41) is 3.21. The van der Waals surface area contributed by atoms with Crippen LogP contribution in [0.5, 0.6) is 0 Å². The van der Waals surface area contributed by atoms with Crippen molar-refractivity contribution >= 4 is 28.4 Å². The molecule has 104 valence electrons. The number of aromatic nitrogens is 2. The van der Waals surface area contributed by atoms with Crippen LogP contribution in [0.3, 0.4) is 0 Å². The molecule has 2 aromatic rings. The predicted molar refractivity (Wildman–Crippen MR) is 90.9 cm³/mol. The molecule has 0 bridgehead atoms. The first kappa shape index (κ1) is 13.8. The first-order chi connectivity index (χ1) is 9.79. The van der Waals surface area contributed by atoms with Gasteiger partial charge in [-0.15, -0.1) is 0 Å². The highest BCUT2D eigenvalue weighted by Crippen LogP contribution is 2.35. The van der Waals surface area contributed by atoms with E-state index in [9.17, 15) is 0 Å². The minimum absolute atomic E-state index is 0.529. The first-order valence-corrected chi connectivity index (χ1v) is 8.18. The Labute approximate surface area is 133 Å². The van der Waals surface area contributed by atoms with Crippen LogP contribution >= 0.6 is 22.6 Å². The number of nitrogens with one attached hydrogen (secondary N) is 1. The monoisotopic (exact) mass is 379 g/mol. The average Bonchev–Trinajstić information content (AvgIpc) is 3.03. The van der Waals surface area contributed by atoms with E-state index in [4.69, 9.17) is 9.97 Å². The summed E-state index contributed by atoms with van der Waals surface area (Å²) in [5.41, 5.74) is 2.21. The summed E-state index contributed by atoms with van der Waals surface area (Å²) < 4.78 is 1.10. The molecule has 1 aromatic heterocycles. The van der Waals surface area contributed by atoms with Crippen LogP contribution in [-0.2, 0) is 0 Å². The first-order valence-electron chi connectivity index (χ1n) is 7.10. The fourth-order valence-corrected chi connectivity index (χ4v) is 3.61. The van der Waals surface area contributed by atoms with Crippen LogP contribution in [0, 0.1) is 3.57 Å². The molecule has 1 aliphatic rings. The van der Waals surface area contributed by atoms with Crippen molar-refractivity contribution in [1.29, 1.82) is 0 Å². The zero-order valence-electron chi connectivity index (χ0n) is 11.6. The highest BCUT2D eigenvalue weighted by molar-refractivity contribution is 14.1. The number of benzene rings is 1. The molecule has 4 heteroatoms. The third kappa shape index (κ3) is 2.66. The maximum Gasteiger partial charge on any atom is 0.143 e. The van der Waals surface area contributed by atoms with Gasteiger partial charge in [-0.2, -0.15) is 0 Å². The van der Waals surface area contributed by atoms with Crippen LogP contribution in [0.1, 0.15) is 37.4 Å². The molecule has 0 saturated heterocycles. The standard InChI is InChI=1S/C16H18IN3/c1-18-16-13(17)14(11-7-3-2-4-8-11)19-15(20-16)12-9-5-6-10-12/h2-4,7-8,12H,5-6,9-10H2,1H3,(H,18,19,20). The molecule has 1 heterocycles. The van der Waals surface area contributed by atoms with E-state index in [1.807, 2.05) is 13.1 Å². The smallest absolute Gasteiger partial charge is 0.143 e. The molecule has 1 aliphatic carbocycles. The number of hydrogen-bond donors (Lipinski definition) is 1. The van der Waals surface area contributed by atoms with Gasteiger partial charge < -0.3 is 5.32 Å². The molecular weight excluding hydrogens is 361 g/mol. The molecule has 1 saturated carbocycles. The summed E-state index contributed by atoms with van der Waals surface area (Å²) in [4.78, 5) is 9.60. The molecule has 0 unspecified atom stereocenters. The highest BCUT2D eigenvalue weighted by atomic mass is 127. The van der Waals surface area contributed by atoms with Gasteiger partial charge in [0.15, 0.2) is 0 Å². The van der Waals surface area contributed by atoms with Crippen LogP contribution in [0.15, 0.2) is 30.3 Å². The normalized spacial score (nSPS) is 15.5. The summed E-state index contributed by atoms with van der Waals surface area (Å²) in [6.45, 7) is 0. The van der Waals surface area contributed by atoms with E-state index in [1.165, 1.54) is 25.7 Å². The molecule has 0 radical (unpaired) electrons. The third-order valence-corrected chi connectivity index (χ3v) is 4.89. The Hall–Kier alpha value is -1.17. The van der Waals surface area contributed by atoms with E-state index in [0.29, 0.717) is 5.92 Å². The number of nitrogens with zero attached hydrogens (tertiary/aromatic N) is 2. The minimum atomic E-state index is 0.529. The lowest BCUT2D eigenvalue weighted by Crippen LogP contribution is -2.08. The van der Waals surface area contributed by atoms with Gasteiger partial charge in [-0.25, -0.2) is 9.97 Å². The van der Waals surface area contributed by atoms with Crippen LogP contribution in [0.2, 0.25) is 0 Å². The summed E-state index contributed by atoms with van der Waals surface area (Å²) in [7, 11) is 1.93. The Kier molecular flexibility index (Phi) is 4.19. The van der Waals surface area contributed by atoms with Gasteiger partial charge in [-0.3, -0.25) is 0 Å². The largest absolute Gasteiger partial charge is 0.372 e. The Morgan fingerprint density at radius 2 is 1.80 bits per heavy atom. The van der Waals surface area contributed by atoms with Crippen LogP contribution in [0.4, 0.5) is 5.82 Å². The maximum absolute atomic E-state index is 4.87. The summed E-state index contributed by atoms with van der Waals surface area (Å²) in [6, 6.07) is 10.4. The molecule has 0 spiro atoms. The quantitative estimate of drug-likeness (QED) is 0.801. The lowest BCUT2D eigenvalue weighted by molar-refractivity contribution is 0.669. The molecule has 1 fully saturated rings. The van der Waals surface area contributed by atoms with Crippen LogP contribution < -0.4 is 5.32 Å². The van der Waals surface area contributed by atoms with E-state index in [2.05, 4.69) is 52.2 Å². The molecular formula is C16H18IN3. The summed E-state index contributed by atoms with van der Waals surface area (Å²) in [5.74, 6) is 2.48. The van der Waals surface area contributed by atoms with E-state index >= 15 is 0 Å². The molecule has 0 atom stereocenters. The van der Waals surface area contributed by atoms with Crippen molar-refractivity contribution in [3.05, 3.63) is 39.7 Å². The third-order valence-electron chi connectivity index (χ3n) is 3.87. The Morgan fingerprint density at radius 3 is 2.45 bits per heavy atom. The second-order valence-corrected chi connectivity index (χ2v) is 6.27. The van der Waals surface area contributed by atoms with E-state index in [-0.39, 0.29) is 0 Å². The fourth-order valence-electron chi connectivity index (χ4n) is 2.78. The molecule has 3 rings (SSSR count). The van der Waals surface area contributed by atoms with Gasteiger partial charge in [-0.05, 0) is 35.4 Å². The Bertz CT molecular complexity index is 592. The fraction of sp³-hybridized carbons (Fsp3) is 0.375. The van der Waals surface area contributed by atoms with Crippen molar-refractivity contribution in [2.24, 2.45) is 0 Å². The van der Waals surface area contributed by atoms with Gasteiger partial charge in [0.25, 0.3) is 0 Å². The SMILES string of the molecule is CNc1nc(C2CCCC2)nc(-c2ccccc2)c1I. The Balaban J connectivity index is 2.10. The van der Waals surface area contributed by atoms with Gasteiger partial charge in [0.1, 0.15) is 11.6 Å². The second kappa shape index (κ2) is 6.08. The van der Waals surface area contributed by atoms with Crippen molar-refractivity contribution in [3.8, 4) is 11.3 Å². The predicted octanol–water partition coefficient (Wildman–Crippen LogP) is 4.45. The minimum Gasteiger partial charge on any atom is -0.372 e. The Morgan fingerprint density at radius 1 is 1.10 bits per heavy atom. The van der Waals surface area contributed by atoms with E-state index in [1.54, 1.807) is 0 Å². The van der Waals surface area contributed by atoms with Gasteiger partial charge in [-0.1, -0.05) is 43.2 Å². The molecule has 3 nitrogen and oxygen atoms in total. The topological polar surface area (TPSA) is 37.8 Å². The average molecular weight is 379 g/mol. The number of rotatable bonds is 3. The van der Waals surface area contributed by atoms with Crippen molar-refractivity contribution < 1.29 is 0 Å². The summed E-state index contributed by atoms with van der Waals surface area (Å²) in [6.07, 6.45) is 5.04. The lowest BCUT2D eigenvalue weighted by atomic mass is 10.1. The number of halogens is 1. The zero-order valence-corrected chi connectivity index (χ0v) is 13.7. The van der Waals surface area contributed by atoms with Crippen molar-refractivity contribution in [1.82, 2.24) is 9.97 Å². The molecule has 0 aliphatic heterocycles. The zero-order chi connectivity index (χ0) is 13.9. The van der Waals surface area contributed by atoms with E-state index < -0.39 is 0 Å². The van der Waals surface area contributed by atoms with Crippen LogP contribution in [-0.4, -0.2) is 17.0 Å². The van der Waals surface area contributed by atoms with Crippen molar-refractivity contribution in [3.63, 3.8) is 0 Å². The summed E-state index contributed by atoms with van der Waals surface area (Å²) >= 11 is 2.34. The van der Waals surface area contributed by atoms with Gasteiger partial charge in [0.2, 0.25) is 0 Å². The maximum atomic E-state index is 4.87. The van der Waals surface area contributed by atoms with E-state index in [0.717, 1.165) is 26.5 Å². The second-order valence-electron chi connectivity index (χ2n) is 5.19. The molecule has 0 amide bonds. The number of hydrogen-bond acceptors (Lipinski definition) is 3. The molecule has 1 N–H and O–H groups in total.